The van der Waals surface area contributed by atoms with Crippen LogP contribution >= 0.6 is 0 Å². The van der Waals surface area contributed by atoms with Gasteiger partial charge in [-0.25, -0.2) is 0 Å². The van der Waals surface area contributed by atoms with Crippen molar-refractivity contribution in [2.45, 2.75) is 51.2 Å². The standard InChI is InChI=1S/C18H22N2O4/c1-11(21)10-19-16(22)12-7-8-14-15(9-12)18(24)20(17(14)23)13-5-3-2-4-6-13/h7-9,11,13,21H,2-6,10H2,1H3,(H,19,22). The number of carbonyl (C=O) groups excluding carboxylic acids is 3. The van der Waals surface area contributed by atoms with Crippen molar-refractivity contribution in [3.63, 3.8) is 0 Å². The van der Waals surface area contributed by atoms with Crippen molar-refractivity contribution < 1.29 is 19.5 Å². The van der Waals surface area contributed by atoms with E-state index in [1.807, 2.05) is 0 Å². The lowest BCUT2D eigenvalue weighted by Crippen LogP contribution is -2.40. The van der Waals surface area contributed by atoms with Gasteiger partial charge in [0.15, 0.2) is 0 Å². The highest BCUT2D eigenvalue weighted by Gasteiger charge is 2.40. The molecule has 1 aromatic rings. The summed E-state index contributed by atoms with van der Waals surface area (Å²) in [4.78, 5) is 38.7. The van der Waals surface area contributed by atoms with E-state index < -0.39 is 6.10 Å². The lowest BCUT2D eigenvalue weighted by molar-refractivity contribution is 0.0549. The number of imide groups is 1. The maximum absolute atomic E-state index is 12.7. The van der Waals surface area contributed by atoms with Crippen molar-refractivity contribution >= 4 is 17.7 Å². The molecule has 1 saturated carbocycles. The summed E-state index contributed by atoms with van der Waals surface area (Å²) in [5.41, 5.74) is 0.994. The van der Waals surface area contributed by atoms with Gasteiger partial charge < -0.3 is 10.4 Å². The summed E-state index contributed by atoms with van der Waals surface area (Å²) in [6.45, 7) is 1.71. The van der Waals surface area contributed by atoms with Crippen LogP contribution in [0.25, 0.3) is 0 Å². The van der Waals surface area contributed by atoms with Gasteiger partial charge in [0.2, 0.25) is 0 Å². The maximum atomic E-state index is 12.7. The quantitative estimate of drug-likeness (QED) is 0.823. The van der Waals surface area contributed by atoms with Gasteiger partial charge in [0.25, 0.3) is 17.7 Å². The van der Waals surface area contributed by atoms with E-state index in [0.29, 0.717) is 16.7 Å². The molecule has 2 N–H and O–H groups in total. The van der Waals surface area contributed by atoms with Gasteiger partial charge in [-0.05, 0) is 38.0 Å². The zero-order chi connectivity index (χ0) is 17.3. The molecular formula is C18H22N2O4. The zero-order valence-electron chi connectivity index (χ0n) is 13.7. The first-order valence-electron chi connectivity index (χ1n) is 8.47. The Kier molecular flexibility index (Phi) is 4.66. The number of nitrogens with one attached hydrogen (secondary N) is 1. The molecule has 0 aromatic heterocycles. The van der Waals surface area contributed by atoms with E-state index in [1.54, 1.807) is 19.1 Å². The Morgan fingerprint density at radius 2 is 1.88 bits per heavy atom. The molecule has 3 rings (SSSR count). The molecule has 1 aliphatic carbocycles. The van der Waals surface area contributed by atoms with Crippen molar-refractivity contribution in [3.05, 3.63) is 34.9 Å². The molecule has 3 amide bonds. The number of hydrogen-bond acceptors (Lipinski definition) is 4. The van der Waals surface area contributed by atoms with Crippen molar-refractivity contribution in [2.75, 3.05) is 6.54 Å². The number of nitrogens with zero attached hydrogens (tertiary/aromatic N) is 1. The molecule has 6 heteroatoms. The van der Waals surface area contributed by atoms with Gasteiger partial charge in [0.1, 0.15) is 0 Å². The molecule has 1 aliphatic heterocycles. The molecule has 24 heavy (non-hydrogen) atoms. The fraction of sp³-hybridized carbons (Fsp3) is 0.500. The average molecular weight is 330 g/mol. The summed E-state index contributed by atoms with van der Waals surface area (Å²) >= 11 is 0. The second-order valence-electron chi connectivity index (χ2n) is 6.59. The van der Waals surface area contributed by atoms with E-state index >= 15 is 0 Å². The van der Waals surface area contributed by atoms with Gasteiger partial charge >= 0.3 is 0 Å². The lowest BCUT2D eigenvalue weighted by atomic mass is 9.94. The molecule has 0 spiro atoms. The van der Waals surface area contributed by atoms with Crippen LogP contribution in [-0.4, -0.2) is 46.4 Å². The van der Waals surface area contributed by atoms with E-state index in [2.05, 4.69) is 5.32 Å². The van der Waals surface area contributed by atoms with Crippen molar-refractivity contribution in [2.24, 2.45) is 0 Å². The molecule has 1 atom stereocenters. The summed E-state index contributed by atoms with van der Waals surface area (Å²) < 4.78 is 0. The van der Waals surface area contributed by atoms with Crippen LogP contribution in [0.15, 0.2) is 18.2 Å². The Morgan fingerprint density at radius 3 is 2.54 bits per heavy atom. The molecule has 128 valence electrons. The summed E-state index contributed by atoms with van der Waals surface area (Å²) in [5, 5.41) is 11.8. The number of amides is 3. The van der Waals surface area contributed by atoms with E-state index in [-0.39, 0.29) is 30.3 Å². The fourth-order valence-electron chi connectivity index (χ4n) is 3.41. The number of rotatable bonds is 4. The summed E-state index contributed by atoms with van der Waals surface area (Å²) in [5.74, 6) is -0.917. The molecule has 1 fully saturated rings. The smallest absolute Gasteiger partial charge is 0.261 e. The third-order valence-electron chi connectivity index (χ3n) is 4.68. The normalized spacial score (nSPS) is 19.3. The van der Waals surface area contributed by atoms with E-state index in [1.165, 1.54) is 11.0 Å². The number of aliphatic hydroxyl groups excluding tert-OH is 1. The maximum Gasteiger partial charge on any atom is 0.261 e. The van der Waals surface area contributed by atoms with Crippen LogP contribution in [-0.2, 0) is 0 Å². The first-order chi connectivity index (χ1) is 11.5. The minimum atomic E-state index is -0.645. The molecule has 0 bridgehead atoms. The Labute approximate surface area is 140 Å². The Morgan fingerprint density at radius 1 is 1.21 bits per heavy atom. The minimum absolute atomic E-state index is 0.0290. The third kappa shape index (κ3) is 3.06. The monoisotopic (exact) mass is 330 g/mol. The number of hydrogen-bond donors (Lipinski definition) is 2. The van der Waals surface area contributed by atoms with Crippen LogP contribution in [0.3, 0.4) is 0 Å². The SMILES string of the molecule is CC(O)CNC(=O)c1ccc2c(c1)C(=O)N(C1CCCCC1)C2=O. The Bertz CT molecular complexity index is 678. The predicted octanol–water partition coefficient (Wildman–Crippen LogP) is 1.73. The van der Waals surface area contributed by atoms with Crippen LogP contribution in [0.1, 0.15) is 70.1 Å². The molecule has 1 heterocycles. The van der Waals surface area contributed by atoms with Crippen LogP contribution in [0, 0.1) is 0 Å². The van der Waals surface area contributed by atoms with Crippen LogP contribution in [0.2, 0.25) is 0 Å². The van der Waals surface area contributed by atoms with Crippen LogP contribution < -0.4 is 5.32 Å². The Hall–Kier alpha value is -2.21. The van der Waals surface area contributed by atoms with Crippen molar-refractivity contribution in [3.8, 4) is 0 Å². The molecule has 6 nitrogen and oxygen atoms in total. The third-order valence-corrected chi connectivity index (χ3v) is 4.68. The number of benzene rings is 1. The van der Waals surface area contributed by atoms with Gasteiger partial charge in [-0.3, -0.25) is 19.3 Å². The molecule has 1 unspecified atom stereocenters. The Balaban J connectivity index is 1.82. The van der Waals surface area contributed by atoms with E-state index in [0.717, 1.165) is 32.1 Å². The minimum Gasteiger partial charge on any atom is -0.392 e. The second-order valence-corrected chi connectivity index (χ2v) is 6.59. The van der Waals surface area contributed by atoms with E-state index in [4.69, 9.17) is 0 Å². The van der Waals surface area contributed by atoms with Gasteiger partial charge in [0, 0.05) is 18.2 Å². The lowest BCUT2D eigenvalue weighted by Gasteiger charge is -2.29. The molecule has 0 saturated heterocycles. The van der Waals surface area contributed by atoms with Crippen LogP contribution in [0.5, 0.6) is 0 Å². The van der Waals surface area contributed by atoms with Gasteiger partial charge in [0.05, 0.1) is 17.2 Å². The summed E-state index contributed by atoms with van der Waals surface area (Å²) in [6.07, 6.45) is 4.28. The highest BCUT2D eigenvalue weighted by Crippen LogP contribution is 2.31. The van der Waals surface area contributed by atoms with Crippen molar-refractivity contribution in [1.82, 2.24) is 10.2 Å². The summed E-state index contributed by atoms with van der Waals surface area (Å²) in [6, 6.07) is 4.55. The topological polar surface area (TPSA) is 86.7 Å². The van der Waals surface area contributed by atoms with Gasteiger partial charge in [-0.1, -0.05) is 19.3 Å². The molecular weight excluding hydrogens is 308 g/mol. The second kappa shape index (κ2) is 6.73. The van der Waals surface area contributed by atoms with Crippen molar-refractivity contribution in [1.29, 1.82) is 0 Å². The first-order valence-corrected chi connectivity index (χ1v) is 8.47. The van der Waals surface area contributed by atoms with E-state index in [9.17, 15) is 19.5 Å². The van der Waals surface area contributed by atoms with Gasteiger partial charge in [-0.2, -0.15) is 0 Å². The van der Waals surface area contributed by atoms with Gasteiger partial charge in [-0.15, -0.1) is 0 Å². The largest absolute Gasteiger partial charge is 0.392 e. The highest BCUT2D eigenvalue weighted by molar-refractivity contribution is 6.22. The molecule has 2 aliphatic rings. The average Bonchev–Trinajstić information content (AvgIpc) is 2.84. The number of carbonyl (C=O) groups is 3. The highest BCUT2D eigenvalue weighted by atomic mass is 16.3. The molecule has 1 aromatic carbocycles. The number of aliphatic hydroxyl groups is 1. The zero-order valence-corrected chi connectivity index (χ0v) is 13.7. The summed E-state index contributed by atoms with van der Waals surface area (Å²) in [7, 11) is 0. The number of fused-ring (bicyclic) bond motifs is 1. The fourth-order valence-corrected chi connectivity index (χ4v) is 3.41. The first kappa shape index (κ1) is 16.6. The van der Waals surface area contributed by atoms with Crippen LogP contribution in [0.4, 0.5) is 0 Å². The molecule has 0 radical (unpaired) electrons. The predicted molar refractivity (Wildman–Crippen MR) is 87.8 cm³/mol.